The van der Waals surface area contributed by atoms with E-state index in [0.717, 1.165) is 30.8 Å². The van der Waals surface area contributed by atoms with Gasteiger partial charge in [0.2, 0.25) is 11.8 Å². The normalized spacial score (nSPS) is 22.9. The van der Waals surface area contributed by atoms with Gasteiger partial charge in [-0.25, -0.2) is 0 Å². The summed E-state index contributed by atoms with van der Waals surface area (Å²) in [5.74, 6) is -0.406. The van der Waals surface area contributed by atoms with E-state index in [1.165, 1.54) is 11.0 Å². The number of carbonyl (C=O) groups is 3. The van der Waals surface area contributed by atoms with Gasteiger partial charge in [0.05, 0.1) is 11.3 Å². The summed E-state index contributed by atoms with van der Waals surface area (Å²) in [7, 11) is 0. The van der Waals surface area contributed by atoms with Gasteiger partial charge in [-0.05, 0) is 48.7 Å². The lowest BCUT2D eigenvalue weighted by molar-refractivity contribution is -0.138. The van der Waals surface area contributed by atoms with Crippen molar-refractivity contribution in [3.8, 4) is 5.75 Å². The second-order valence-electron chi connectivity index (χ2n) is 9.02. The van der Waals surface area contributed by atoms with Crippen LogP contribution in [-0.2, 0) is 28.9 Å². The number of hydrogen-bond donors (Lipinski definition) is 1. The maximum Gasteiger partial charge on any atom is 0.417 e. The number of rotatable bonds is 5. The Morgan fingerprint density at radius 3 is 2.66 bits per heavy atom. The van der Waals surface area contributed by atoms with Crippen LogP contribution in [-0.4, -0.2) is 57.7 Å². The van der Waals surface area contributed by atoms with Crippen LogP contribution in [0.25, 0.3) is 0 Å². The van der Waals surface area contributed by atoms with Crippen molar-refractivity contribution in [3.63, 3.8) is 0 Å². The van der Waals surface area contributed by atoms with E-state index in [1.807, 2.05) is 0 Å². The third-order valence-corrected chi connectivity index (χ3v) is 6.56. The quantitative estimate of drug-likeness (QED) is 0.651. The van der Waals surface area contributed by atoms with Crippen LogP contribution < -0.4 is 10.1 Å². The zero-order valence-corrected chi connectivity index (χ0v) is 18.7. The fourth-order valence-corrected chi connectivity index (χ4v) is 4.77. The first kappa shape index (κ1) is 23.3. The molecule has 1 aromatic carbocycles. The Morgan fingerprint density at radius 2 is 1.94 bits per heavy atom. The van der Waals surface area contributed by atoms with Crippen molar-refractivity contribution in [1.29, 1.82) is 0 Å². The molecule has 0 saturated carbocycles. The minimum Gasteiger partial charge on any atom is -0.489 e. The molecule has 2 atom stereocenters. The van der Waals surface area contributed by atoms with Crippen LogP contribution in [0, 0.1) is 0 Å². The lowest BCUT2D eigenvalue weighted by atomic mass is 10.0. The highest BCUT2D eigenvalue weighted by atomic mass is 19.4. The Hall–Kier alpha value is -3.47. The molecule has 2 aromatic rings. The van der Waals surface area contributed by atoms with Crippen molar-refractivity contribution in [1.82, 2.24) is 20.1 Å². The van der Waals surface area contributed by atoms with Gasteiger partial charge in [-0.1, -0.05) is 0 Å². The molecular formula is C24H23F3N4O4. The molecule has 4 heterocycles. The average Bonchev–Trinajstić information content (AvgIpc) is 3.37. The summed E-state index contributed by atoms with van der Waals surface area (Å²) in [5.41, 5.74) is 1.07. The minimum absolute atomic E-state index is 0.106. The van der Waals surface area contributed by atoms with Gasteiger partial charge in [0.15, 0.2) is 0 Å². The first-order chi connectivity index (χ1) is 16.7. The van der Waals surface area contributed by atoms with Gasteiger partial charge in [0, 0.05) is 44.4 Å². The van der Waals surface area contributed by atoms with E-state index < -0.39 is 23.7 Å². The molecule has 3 amide bonds. The summed E-state index contributed by atoms with van der Waals surface area (Å²) < 4.78 is 44.3. The molecule has 0 spiro atoms. The predicted octanol–water partition coefficient (Wildman–Crippen LogP) is 2.51. The highest BCUT2D eigenvalue weighted by Gasteiger charge is 2.39. The van der Waals surface area contributed by atoms with Crippen molar-refractivity contribution in [3.05, 3.63) is 58.9 Å². The maximum atomic E-state index is 12.8. The third kappa shape index (κ3) is 4.86. The van der Waals surface area contributed by atoms with E-state index in [9.17, 15) is 27.6 Å². The van der Waals surface area contributed by atoms with E-state index in [2.05, 4.69) is 15.2 Å². The molecule has 35 heavy (non-hydrogen) atoms. The number of carbonyl (C=O) groups excluding carboxylic acids is 3. The van der Waals surface area contributed by atoms with E-state index in [0.29, 0.717) is 36.5 Å². The fraction of sp³-hybridized carbons (Fsp3) is 0.417. The number of ether oxygens (including phenoxy) is 1. The maximum absolute atomic E-state index is 12.8. The summed E-state index contributed by atoms with van der Waals surface area (Å²) in [4.78, 5) is 43.9. The minimum atomic E-state index is -4.41. The van der Waals surface area contributed by atoms with Crippen molar-refractivity contribution < 1.29 is 32.3 Å². The number of hydrogen-bond acceptors (Lipinski definition) is 6. The second-order valence-corrected chi connectivity index (χ2v) is 9.02. The van der Waals surface area contributed by atoms with E-state index in [-0.39, 0.29) is 30.9 Å². The smallest absolute Gasteiger partial charge is 0.417 e. The van der Waals surface area contributed by atoms with E-state index in [1.54, 1.807) is 18.2 Å². The van der Waals surface area contributed by atoms with Crippen LogP contribution in [0.15, 0.2) is 36.5 Å². The summed E-state index contributed by atoms with van der Waals surface area (Å²) in [5, 5.41) is 2.29. The van der Waals surface area contributed by atoms with Crippen molar-refractivity contribution >= 4 is 17.7 Å². The Labute approximate surface area is 199 Å². The number of benzene rings is 1. The lowest BCUT2D eigenvalue weighted by Gasteiger charge is -2.29. The molecule has 2 saturated heterocycles. The highest BCUT2D eigenvalue weighted by Crippen LogP contribution is 2.31. The fourth-order valence-electron chi connectivity index (χ4n) is 4.77. The molecule has 0 bridgehead atoms. The molecule has 11 heteroatoms. The summed E-state index contributed by atoms with van der Waals surface area (Å²) in [6.07, 6.45) is -2.41. The molecule has 0 radical (unpaired) electrons. The average molecular weight is 488 g/mol. The van der Waals surface area contributed by atoms with Gasteiger partial charge < -0.3 is 9.64 Å². The standard InChI is InChI=1S/C24H23F3N4O4/c25-24(26,27)15-1-2-16(28-10-15)12-30-8-7-18(13-30)35-17-3-4-19-14(9-17)11-31(23(19)34)20-5-6-21(32)29-22(20)33/h1-4,9-10,18,20H,5-8,11-13H2,(H,29,32,33)/t18-,20?/m0/s1. The Kier molecular flexibility index (Phi) is 5.96. The van der Waals surface area contributed by atoms with Crippen LogP contribution in [0.2, 0.25) is 0 Å². The molecule has 184 valence electrons. The Bertz CT molecular complexity index is 1170. The topological polar surface area (TPSA) is 91.8 Å². The van der Waals surface area contributed by atoms with Gasteiger partial charge >= 0.3 is 6.18 Å². The molecule has 3 aliphatic rings. The number of pyridine rings is 1. The van der Waals surface area contributed by atoms with Gasteiger partial charge in [0.1, 0.15) is 17.9 Å². The molecule has 5 rings (SSSR count). The molecule has 3 aliphatic heterocycles. The Morgan fingerprint density at radius 1 is 1.11 bits per heavy atom. The molecule has 8 nitrogen and oxygen atoms in total. The van der Waals surface area contributed by atoms with Crippen LogP contribution in [0.1, 0.15) is 46.4 Å². The van der Waals surface area contributed by atoms with Crippen LogP contribution in [0.3, 0.4) is 0 Å². The number of aromatic nitrogens is 1. The SMILES string of the molecule is O=C1CCC(N2Cc3cc(O[C@H]4CCN(Cc5ccc(C(F)(F)F)cn5)C4)ccc3C2=O)C(=O)N1. The first-order valence-electron chi connectivity index (χ1n) is 11.4. The Balaban J connectivity index is 1.18. The summed E-state index contributed by atoms with van der Waals surface area (Å²) >= 11 is 0. The number of amides is 3. The predicted molar refractivity (Wildman–Crippen MR) is 116 cm³/mol. The second kappa shape index (κ2) is 8.95. The monoisotopic (exact) mass is 488 g/mol. The van der Waals surface area contributed by atoms with Gasteiger partial charge in [0.25, 0.3) is 5.91 Å². The number of piperidine rings is 1. The van der Waals surface area contributed by atoms with Crippen molar-refractivity contribution in [2.75, 3.05) is 13.1 Å². The molecule has 2 fully saturated rings. The third-order valence-electron chi connectivity index (χ3n) is 6.56. The van der Waals surface area contributed by atoms with Crippen molar-refractivity contribution in [2.45, 2.75) is 50.7 Å². The highest BCUT2D eigenvalue weighted by molar-refractivity contribution is 6.05. The largest absolute Gasteiger partial charge is 0.489 e. The van der Waals surface area contributed by atoms with Crippen LogP contribution in [0.5, 0.6) is 5.75 Å². The number of imide groups is 1. The summed E-state index contributed by atoms with van der Waals surface area (Å²) in [6.45, 7) is 2.02. The zero-order chi connectivity index (χ0) is 24.7. The number of nitrogens with one attached hydrogen (secondary N) is 1. The summed E-state index contributed by atoms with van der Waals surface area (Å²) in [6, 6.07) is 6.99. The van der Waals surface area contributed by atoms with Gasteiger partial charge in [-0.15, -0.1) is 0 Å². The number of likely N-dealkylation sites (tertiary alicyclic amines) is 1. The van der Waals surface area contributed by atoms with E-state index in [4.69, 9.17) is 4.74 Å². The van der Waals surface area contributed by atoms with Crippen LogP contribution in [0.4, 0.5) is 13.2 Å². The number of alkyl halides is 3. The molecule has 1 aromatic heterocycles. The van der Waals surface area contributed by atoms with Gasteiger partial charge in [-0.3, -0.25) is 29.6 Å². The van der Waals surface area contributed by atoms with Gasteiger partial charge in [-0.2, -0.15) is 13.2 Å². The molecule has 1 N–H and O–H groups in total. The molecule has 0 aliphatic carbocycles. The zero-order valence-electron chi connectivity index (χ0n) is 18.7. The molecular weight excluding hydrogens is 465 g/mol. The first-order valence-corrected chi connectivity index (χ1v) is 11.4. The van der Waals surface area contributed by atoms with Crippen molar-refractivity contribution in [2.24, 2.45) is 0 Å². The molecule has 1 unspecified atom stereocenters. The number of halogens is 3. The van der Waals surface area contributed by atoms with E-state index >= 15 is 0 Å². The number of nitrogens with zero attached hydrogens (tertiary/aromatic N) is 3. The lowest BCUT2D eigenvalue weighted by Crippen LogP contribution is -2.52. The van der Waals surface area contributed by atoms with Crippen LogP contribution >= 0.6 is 0 Å². The number of fused-ring (bicyclic) bond motifs is 1.